The number of esters is 1. The second kappa shape index (κ2) is 7.60. The molecule has 1 aromatic rings. The van der Waals surface area contributed by atoms with Crippen LogP contribution in [0.15, 0.2) is 17.2 Å². The molecule has 0 amide bonds. The fourth-order valence-electron chi connectivity index (χ4n) is 2.02. The highest BCUT2D eigenvalue weighted by molar-refractivity contribution is 7.89. The van der Waals surface area contributed by atoms with Gasteiger partial charge in [-0.05, 0) is 25.3 Å². The number of carbonyl (C=O) groups is 2. The summed E-state index contributed by atoms with van der Waals surface area (Å²) in [7, 11) is -2.55. The Kier molecular flexibility index (Phi) is 6.34. The third-order valence-electron chi connectivity index (χ3n) is 3.08. The van der Waals surface area contributed by atoms with Crippen molar-refractivity contribution in [2.75, 3.05) is 6.61 Å². The van der Waals surface area contributed by atoms with E-state index in [0.717, 1.165) is 6.07 Å². The Morgan fingerprint density at radius 1 is 1.39 bits per heavy atom. The quantitative estimate of drug-likeness (QED) is 0.678. The van der Waals surface area contributed by atoms with Crippen LogP contribution in [0.1, 0.15) is 37.7 Å². The van der Waals surface area contributed by atoms with Crippen LogP contribution >= 0.6 is 0 Å². The molecule has 1 rings (SSSR count). The fraction of sp³-hybridized carbons (Fsp3) is 0.571. The molecule has 0 bridgehead atoms. The van der Waals surface area contributed by atoms with Crippen LogP contribution in [-0.4, -0.2) is 42.7 Å². The highest BCUT2D eigenvalue weighted by Crippen LogP contribution is 2.16. The van der Waals surface area contributed by atoms with Gasteiger partial charge >= 0.3 is 11.9 Å². The van der Waals surface area contributed by atoms with Crippen LogP contribution in [0.4, 0.5) is 0 Å². The predicted molar refractivity (Wildman–Crippen MR) is 82.6 cm³/mol. The maximum absolute atomic E-state index is 12.3. The van der Waals surface area contributed by atoms with E-state index in [0.29, 0.717) is 0 Å². The van der Waals surface area contributed by atoms with Crippen molar-refractivity contribution in [1.82, 2.24) is 9.29 Å². The van der Waals surface area contributed by atoms with Gasteiger partial charge in [0.1, 0.15) is 16.6 Å². The molecule has 9 heteroatoms. The van der Waals surface area contributed by atoms with Gasteiger partial charge in [-0.25, -0.2) is 13.2 Å². The maximum Gasteiger partial charge on any atom is 0.354 e. The molecule has 0 spiro atoms. The topological polar surface area (TPSA) is 115 Å². The number of nitrogens with zero attached hydrogens (tertiary/aromatic N) is 1. The van der Waals surface area contributed by atoms with Crippen molar-refractivity contribution in [3.05, 3.63) is 18.0 Å². The number of carbonyl (C=O) groups excluding carboxylic acids is 1. The van der Waals surface area contributed by atoms with Crippen molar-refractivity contribution < 1.29 is 27.9 Å². The molecule has 2 N–H and O–H groups in total. The summed E-state index contributed by atoms with van der Waals surface area (Å²) in [4.78, 5) is 22.8. The van der Waals surface area contributed by atoms with Gasteiger partial charge in [-0.1, -0.05) is 13.8 Å². The smallest absolute Gasteiger partial charge is 0.354 e. The summed E-state index contributed by atoms with van der Waals surface area (Å²) < 4.78 is 33.0. The number of aromatic nitrogens is 1. The molecule has 0 aliphatic carbocycles. The summed E-state index contributed by atoms with van der Waals surface area (Å²) in [5.74, 6) is -1.89. The van der Waals surface area contributed by atoms with Crippen LogP contribution in [0.3, 0.4) is 0 Å². The fourth-order valence-corrected chi connectivity index (χ4v) is 3.29. The molecule has 8 nitrogen and oxygen atoms in total. The number of carboxylic acids is 1. The predicted octanol–water partition coefficient (Wildman–Crippen LogP) is 0.979. The molecule has 1 atom stereocenters. The van der Waals surface area contributed by atoms with Crippen molar-refractivity contribution in [3.8, 4) is 0 Å². The van der Waals surface area contributed by atoms with E-state index < -0.39 is 28.0 Å². The van der Waals surface area contributed by atoms with Gasteiger partial charge in [-0.3, -0.25) is 4.79 Å². The molecule has 0 aliphatic heterocycles. The third-order valence-corrected chi connectivity index (χ3v) is 4.52. The van der Waals surface area contributed by atoms with Crippen molar-refractivity contribution in [1.29, 1.82) is 0 Å². The molecule has 0 fully saturated rings. The summed E-state index contributed by atoms with van der Waals surface area (Å²) in [6.45, 7) is 5.40. The molecule has 0 radical (unpaired) electrons. The monoisotopic (exact) mass is 346 g/mol. The average molecular weight is 346 g/mol. The van der Waals surface area contributed by atoms with Crippen LogP contribution in [0, 0.1) is 5.92 Å². The molecule has 0 aliphatic rings. The van der Waals surface area contributed by atoms with E-state index in [1.165, 1.54) is 17.8 Å². The van der Waals surface area contributed by atoms with Gasteiger partial charge in [0.15, 0.2) is 0 Å². The molecule has 130 valence electrons. The standard InChI is InChI=1S/C14H22N2O6S/c1-5-22-14(19)12-7-10(8-16(12)4)23(20,21)15-11(13(17)18)6-9(2)3/h7-9,11,15H,5-6H2,1-4H3,(H,17,18)/t11-/m0/s1. The minimum Gasteiger partial charge on any atom is -0.480 e. The van der Waals surface area contributed by atoms with Crippen LogP contribution in [-0.2, 0) is 26.6 Å². The molecule has 1 heterocycles. The van der Waals surface area contributed by atoms with E-state index in [1.807, 2.05) is 0 Å². The van der Waals surface area contributed by atoms with Crippen molar-refractivity contribution in [3.63, 3.8) is 0 Å². The summed E-state index contributed by atoms with van der Waals surface area (Å²) in [5, 5.41) is 9.14. The molecule has 0 saturated heterocycles. The highest BCUT2D eigenvalue weighted by Gasteiger charge is 2.28. The lowest BCUT2D eigenvalue weighted by Gasteiger charge is -2.15. The van der Waals surface area contributed by atoms with Gasteiger partial charge < -0.3 is 14.4 Å². The largest absolute Gasteiger partial charge is 0.480 e. The number of hydrogen-bond donors (Lipinski definition) is 2. The number of sulfonamides is 1. The lowest BCUT2D eigenvalue weighted by atomic mass is 10.1. The zero-order valence-corrected chi connectivity index (χ0v) is 14.4. The number of aryl methyl sites for hydroxylation is 1. The van der Waals surface area contributed by atoms with Crippen LogP contribution in [0.2, 0.25) is 0 Å². The minimum atomic E-state index is -4.06. The number of carboxylic acid groups (broad SMARTS) is 1. The molecule has 0 unspecified atom stereocenters. The van der Waals surface area contributed by atoms with Crippen LogP contribution < -0.4 is 4.72 Å². The van der Waals surface area contributed by atoms with E-state index in [2.05, 4.69) is 4.72 Å². The van der Waals surface area contributed by atoms with Gasteiger partial charge in [0.2, 0.25) is 10.0 Å². The van der Waals surface area contributed by atoms with Gasteiger partial charge in [0, 0.05) is 13.2 Å². The zero-order chi connectivity index (χ0) is 17.8. The number of ether oxygens (including phenoxy) is 1. The summed E-state index contributed by atoms with van der Waals surface area (Å²) in [6.07, 6.45) is 1.40. The summed E-state index contributed by atoms with van der Waals surface area (Å²) in [5.41, 5.74) is 0.0722. The molecule has 0 saturated carbocycles. The first-order chi connectivity index (χ1) is 10.6. The second-order valence-corrected chi connectivity index (χ2v) is 7.25. The number of hydrogen-bond acceptors (Lipinski definition) is 5. The zero-order valence-electron chi connectivity index (χ0n) is 13.6. The lowest BCUT2D eigenvalue weighted by Crippen LogP contribution is -2.41. The lowest BCUT2D eigenvalue weighted by molar-refractivity contribution is -0.139. The Labute approximate surface area is 135 Å². The Balaban J connectivity index is 3.06. The molecule has 1 aromatic heterocycles. The van der Waals surface area contributed by atoms with Gasteiger partial charge in [0.25, 0.3) is 0 Å². The Morgan fingerprint density at radius 3 is 2.48 bits per heavy atom. The Hall–Kier alpha value is -1.87. The first-order valence-corrected chi connectivity index (χ1v) is 8.65. The Bertz CT molecular complexity index is 677. The number of aliphatic carboxylic acids is 1. The van der Waals surface area contributed by atoms with Crippen molar-refractivity contribution in [2.24, 2.45) is 13.0 Å². The number of rotatable bonds is 8. The first kappa shape index (κ1) is 19.2. The van der Waals surface area contributed by atoms with Gasteiger partial charge in [-0.15, -0.1) is 0 Å². The van der Waals surface area contributed by atoms with E-state index in [-0.39, 0.29) is 29.5 Å². The molecule has 0 aromatic carbocycles. The third kappa shape index (κ3) is 5.07. The second-order valence-electron chi connectivity index (χ2n) is 5.53. The van der Waals surface area contributed by atoms with E-state index in [4.69, 9.17) is 9.84 Å². The normalized spacial score (nSPS) is 13.1. The molecule has 23 heavy (non-hydrogen) atoms. The number of nitrogens with one attached hydrogen (secondary N) is 1. The van der Waals surface area contributed by atoms with Crippen molar-refractivity contribution in [2.45, 2.75) is 38.1 Å². The van der Waals surface area contributed by atoms with E-state index in [1.54, 1.807) is 20.8 Å². The van der Waals surface area contributed by atoms with Crippen LogP contribution in [0.25, 0.3) is 0 Å². The van der Waals surface area contributed by atoms with Crippen LogP contribution in [0.5, 0.6) is 0 Å². The Morgan fingerprint density at radius 2 is 2.00 bits per heavy atom. The highest BCUT2D eigenvalue weighted by atomic mass is 32.2. The molecular formula is C14H22N2O6S. The van der Waals surface area contributed by atoms with Crippen molar-refractivity contribution >= 4 is 22.0 Å². The van der Waals surface area contributed by atoms with E-state index >= 15 is 0 Å². The molecular weight excluding hydrogens is 324 g/mol. The van der Waals surface area contributed by atoms with E-state index in [9.17, 15) is 18.0 Å². The summed E-state index contributed by atoms with van der Waals surface area (Å²) in [6, 6.07) is -0.0690. The van der Waals surface area contributed by atoms with Gasteiger partial charge in [0.05, 0.1) is 6.61 Å². The average Bonchev–Trinajstić information content (AvgIpc) is 2.80. The maximum atomic E-state index is 12.3. The van der Waals surface area contributed by atoms with Gasteiger partial charge in [-0.2, -0.15) is 4.72 Å². The minimum absolute atomic E-state index is 0.00432. The summed E-state index contributed by atoms with van der Waals surface area (Å²) >= 11 is 0. The SMILES string of the molecule is CCOC(=O)c1cc(S(=O)(=O)N[C@@H](CC(C)C)C(=O)O)cn1C. The first-order valence-electron chi connectivity index (χ1n) is 7.17.